The largest absolute Gasteiger partial charge is 0.481 e. The van der Waals surface area contributed by atoms with Crippen molar-refractivity contribution < 1.29 is 39.0 Å². The third kappa shape index (κ3) is 7.96. The number of hydrogen-bond donors (Lipinski definition) is 7. The first-order valence-corrected chi connectivity index (χ1v) is 10.8. The molecule has 9 N–H and O–H groups in total. The number of rotatable bonds is 13. The molecular formula is C21H27N7O8. The van der Waals surface area contributed by atoms with Gasteiger partial charge in [0.25, 0.3) is 5.91 Å². The van der Waals surface area contributed by atoms with Crippen molar-refractivity contribution in [3.05, 3.63) is 35.9 Å². The molecule has 1 aromatic carbocycles. The van der Waals surface area contributed by atoms with Gasteiger partial charge in [-0.3, -0.25) is 29.1 Å². The van der Waals surface area contributed by atoms with E-state index < -0.39 is 66.8 Å². The van der Waals surface area contributed by atoms with Gasteiger partial charge in [-0.25, -0.2) is 9.59 Å². The molecule has 36 heavy (non-hydrogen) atoms. The Morgan fingerprint density at radius 3 is 2.33 bits per heavy atom. The Morgan fingerprint density at radius 1 is 1.08 bits per heavy atom. The van der Waals surface area contributed by atoms with E-state index in [1.807, 2.05) is 0 Å². The minimum Gasteiger partial charge on any atom is -0.481 e. The number of aliphatic imine (C=N–C) groups is 1. The maximum absolute atomic E-state index is 12.7. The molecule has 1 aliphatic heterocycles. The number of carboxylic acid groups (broad SMARTS) is 2. The van der Waals surface area contributed by atoms with Crippen LogP contribution < -0.4 is 27.4 Å². The fraction of sp³-hybridized carbons (Fsp3) is 0.381. The first-order valence-electron chi connectivity index (χ1n) is 10.8. The fourth-order valence-electron chi connectivity index (χ4n) is 3.37. The summed E-state index contributed by atoms with van der Waals surface area (Å²) in [6.07, 6.45) is -0.284. The number of carboxylic acids is 2. The molecule has 0 bridgehead atoms. The van der Waals surface area contributed by atoms with Crippen LogP contribution in [0.5, 0.6) is 0 Å². The van der Waals surface area contributed by atoms with Crippen LogP contribution in [0.25, 0.3) is 0 Å². The summed E-state index contributed by atoms with van der Waals surface area (Å²) >= 11 is 0. The van der Waals surface area contributed by atoms with Crippen molar-refractivity contribution in [1.29, 1.82) is 0 Å². The van der Waals surface area contributed by atoms with Crippen molar-refractivity contribution in [2.24, 2.45) is 16.5 Å². The van der Waals surface area contributed by atoms with Crippen LogP contribution in [0.2, 0.25) is 0 Å². The second-order valence-corrected chi connectivity index (χ2v) is 7.78. The Kier molecular flexibility index (Phi) is 9.71. The Bertz CT molecular complexity index is 1040. The second kappa shape index (κ2) is 12.7. The molecule has 194 valence electrons. The second-order valence-electron chi connectivity index (χ2n) is 7.78. The van der Waals surface area contributed by atoms with E-state index in [1.54, 1.807) is 18.2 Å². The molecule has 1 unspecified atom stereocenters. The number of aliphatic carboxylic acids is 2. The van der Waals surface area contributed by atoms with E-state index in [0.29, 0.717) is 11.3 Å². The van der Waals surface area contributed by atoms with Crippen molar-refractivity contribution in [3.63, 3.8) is 0 Å². The van der Waals surface area contributed by atoms with Gasteiger partial charge in [0.05, 0.1) is 6.42 Å². The fourth-order valence-corrected chi connectivity index (χ4v) is 3.37. The summed E-state index contributed by atoms with van der Waals surface area (Å²) in [6, 6.07) is 2.75. The zero-order valence-corrected chi connectivity index (χ0v) is 19.0. The minimum atomic E-state index is -1.67. The Labute approximate surface area is 204 Å². The van der Waals surface area contributed by atoms with Crippen molar-refractivity contribution in [1.82, 2.24) is 20.9 Å². The zero-order chi connectivity index (χ0) is 26.8. The monoisotopic (exact) mass is 505 g/mol. The van der Waals surface area contributed by atoms with Crippen molar-refractivity contribution in [2.45, 2.75) is 37.4 Å². The number of carbonyl (C=O) groups excluding carboxylic acids is 4. The lowest BCUT2D eigenvalue weighted by Crippen LogP contribution is -2.52. The Hall–Kier alpha value is -4.69. The maximum Gasteiger partial charge on any atom is 0.330 e. The van der Waals surface area contributed by atoms with E-state index in [9.17, 15) is 33.9 Å². The number of carbonyl (C=O) groups is 6. The molecule has 3 atom stereocenters. The highest BCUT2D eigenvalue weighted by Crippen LogP contribution is 2.14. The molecule has 0 aromatic heterocycles. The molecule has 1 heterocycles. The summed E-state index contributed by atoms with van der Waals surface area (Å²) in [5, 5.41) is 25.4. The number of urea groups is 1. The summed E-state index contributed by atoms with van der Waals surface area (Å²) < 4.78 is 0. The molecular weight excluding hydrogens is 478 g/mol. The highest BCUT2D eigenvalue weighted by atomic mass is 16.4. The van der Waals surface area contributed by atoms with Gasteiger partial charge in [-0.1, -0.05) is 30.3 Å². The number of hydrogen-bond acceptors (Lipinski definition) is 7. The Balaban J connectivity index is 2.02. The lowest BCUT2D eigenvalue weighted by Gasteiger charge is -2.21. The van der Waals surface area contributed by atoms with Gasteiger partial charge in [0, 0.05) is 6.54 Å². The third-order valence-electron chi connectivity index (χ3n) is 5.05. The van der Waals surface area contributed by atoms with Crippen LogP contribution in [0.1, 0.15) is 30.9 Å². The molecule has 1 aromatic rings. The molecule has 0 aliphatic carbocycles. The number of nitrogens with zero attached hydrogens (tertiary/aromatic N) is 2. The molecule has 0 saturated carbocycles. The summed E-state index contributed by atoms with van der Waals surface area (Å²) in [4.78, 5) is 77.1. The molecule has 1 aliphatic rings. The van der Waals surface area contributed by atoms with Crippen LogP contribution in [-0.4, -0.2) is 81.9 Å². The van der Waals surface area contributed by atoms with Crippen LogP contribution in [0.15, 0.2) is 35.3 Å². The van der Waals surface area contributed by atoms with Crippen molar-refractivity contribution >= 4 is 41.7 Å². The number of nitrogens with one attached hydrogen (secondary N) is 3. The molecule has 1 saturated heterocycles. The van der Waals surface area contributed by atoms with Crippen LogP contribution in [0.3, 0.4) is 0 Å². The van der Waals surface area contributed by atoms with Gasteiger partial charge in [0.1, 0.15) is 18.6 Å². The van der Waals surface area contributed by atoms with E-state index in [-0.39, 0.29) is 24.5 Å². The van der Waals surface area contributed by atoms with Crippen molar-refractivity contribution in [3.8, 4) is 0 Å². The van der Waals surface area contributed by atoms with E-state index >= 15 is 0 Å². The minimum absolute atomic E-state index is 0.117. The zero-order valence-electron chi connectivity index (χ0n) is 19.0. The molecule has 15 nitrogen and oxygen atoms in total. The molecule has 0 radical (unpaired) electrons. The third-order valence-corrected chi connectivity index (χ3v) is 5.05. The summed E-state index contributed by atoms with van der Waals surface area (Å²) in [6.45, 7) is -0.547. The lowest BCUT2D eigenvalue weighted by molar-refractivity contribution is -0.143. The standard InChI is InChI=1S/C21H27N7O8/c22-20(23)24-8-4-7-12-18(33)28(21(36)26-12)10-14(29)25-13(9-15(30)31)17(32)27-16(19(34)35)11-5-2-1-3-6-11/h1-3,5-6,12-13,16H,4,7-10H2,(H,25,29)(H,26,36)(H,27,32)(H,30,31)(H,34,35)(H4,22,23,24)/t12?,13-,16+/m0/s1. The smallest absolute Gasteiger partial charge is 0.330 e. The molecule has 5 amide bonds. The average Bonchev–Trinajstić information content (AvgIpc) is 3.07. The molecule has 0 spiro atoms. The van der Waals surface area contributed by atoms with Crippen LogP contribution in [0, 0.1) is 0 Å². The predicted octanol–water partition coefficient (Wildman–Crippen LogP) is -2.14. The van der Waals surface area contributed by atoms with E-state index in [4.69, 9.17) is 16.6 Å². The topological polar surface area (TPSA) is 247 Å². The number of benzene rings is 1. The summed E-state index contributed by atoms with van der Waals surface area (Å²) in [5.74, 6) is -5.72. The number of imide groups is 1. The molecule has 15 heteroatoms. The van der Waals surface area contributed by atoms with Gasteiger partial charge in [-0.15, -0.1) is 0 Å². The van der Waals surface area contributed by atoms with Gasteiger partial charge in [0.2, 0.25) is 11.8 Å². The summed E-state index contributed by atoms with van der Waals surface area (Å²) in [7, 11) is 0. The average molecular weight is 505 g/mol. The van der Waals surface area contributed by atoms with Gasteiger partial charge in [0.15, 0.2) is 12.0 Å². The lowest BCUT2D eigenvalue weighted by atomic mass is 10.1. The maximum atomic E-state index is 12.7. The SMILES string of the molecule is NC(N)=NCCCC1NC(=O)N(CC(=O)N[C@@H](CC(=O)O)C(=O)N[C@@H](C(=O)O)c2ccccc2)C1=O. The highest BCUT2D eigenvalue weighted by molar-refractivity contribution is 6.06. The normalized spacial score (nSPS) is 16.4. The first-order chi connectivity index (χ1) is 17.0. The Morgan fingerprint density at radius 2 is 1.75 bits per heavy atom. The van der Waals surface area contributed by atoms with Gasteiger partial charge in [-0.05, 0) is 18.4 Å². The van der Waals surface area contributed by atoms with Crippen LogP contribution in [0.4, 0.5) is 4.79 Å². The quantitative estimate of drug-likeness (QED) is 0.0663. The van der Waals surface area contributed by atoms with Gasteiger partial charge < -0.3 is 37.6 Å². The molecule has 2 rings (SSSR count). The van der Waals surface area contributed by atoms with Crippen molar-refractivity contribution in [2.75, 3.05) is 13.1 Å². The van der Waals surface area contributed by atoms with Gasteiger partial charge >= 0.3 is 18.0 Å². The number of nitrogens with two attached hydrogens (primary N) is 2. The number of amides is 5. The number of guanidine groups is 1. The van der Waals surface area contributed by atoms with Crippen LogP contribution in [-0.2, 0) is 24.0 Å². The molecule has 1 fully saturated rings. The highest BCUT2D eigenvalue weighted by Gasteiger charge is 2.39. The van der Waals surface area contributed by atoms with Gasteiger partial charge in [-0.2, -0.15) is 0 Å². The first kappa shape index (κ1) is 27.6. The van der Waals surface area contributed by atoms with E-state index in [2.05, 4.69) is 20.9 Å². The van der Waals surface area contributed by atoms with E-state index in [0.717, 1.165) is 0 Å². The summed E-state index contributed by atoms with van der Waals surface area (Å²) in [5.41, 5.74) is 10.7. The predicted molar refractivity (Wildman–Crippen MR) is 123 cm³/mol. The van der Waals surface area contributed by atoms with E-state index in [1.165, 1.54) is 12.1 Å². The van der Waals surface area contributed by atoms with Crippen LogP contribution >= 0.6 is 0 Å².